The number of benzene rings is 1. The Morgan fingerprint density at radius 2 is 1.73 bits per heavy atom. The third kappa shape index (κ3) is 4.61. The minimum Gasteiger partial charge on any atom is -0.242 e. The van der Waals surface area contributed by atoms with Gasteiger partial charge in [0.15, 0.2) is 0 Å². The van der Waals surface area contributed by atoms with E-state index in [1.54, 1.807) is 24.3 Å². The number of imidazole rings is 1. The summed E-state index contributed by atoms with van der Waals surface area (Å²) in [4.78, 5) is 4.48. The Morgan fingerprint density at radius 3 is 2.23 bits per heavy atom. The van der Waals surface area contributed by atoms with E-state index >= 15 is 0 Å². The number of hydrogen-bond donors (Lipinski definition) is 1. The molecule has 0 radical (unpaired) electrons. The first-order chi connectivity index (χ1) is 11.9. The zero-order valence-electron chi connectivity index (χ0n) is 16.1. The van der Waals surface area contributed by atoms with E-state index in [2.05, 4.69) is 9.71 Å². The quantitative estimate of drug-likeness (QED) is 0.812. The molecule has 1 aromatic heterocycles. The van der Waals surface area contributed by atoms with Crippen LogP contribution in [0.15, 0.2) is 41.7 Å². The Morgan fingerprint density at radius 1 is 1.15 bits per heavy atom. The van der Waals surface area contributed by atoms with E-state index in [9.17, 15) is 12.6 Å². The third-order valence-electron chi connectivity index (χ3n) is 3.95. The summed E-state index contributed by atoms with van der Waals surface area (Å²) in [5, 5.41) is 0. The molecule has 0 saturated carbocycles. The van der Waals surface area contributed by atoms with Gasteiger partial charge in [0.05, 0.1) is 32.4 Å². The highest BCUT2D eigenvalue weighted by Crippen LogP contribution is 2.24. The number of nitrogens with zero attached hydrogens (tertiary/aromatic N) is 2. The molecule has 2 atom stereocenters. The maximum Gasteiger partial charge on any atom is 0.268 e. The fourth-order valence-electron chi connectivity index (χ4n) is 2.27. The average Bonchev–Trinajstić information content (AvgIpc) is 3.01. The Bertz CT molecular complexity index is 879. The molecule has 1 aromatic carbocycles. The average molecular weight is 398 g/mol. The maximum atomic E-state index is 12.8. The molecule has 0 fully saturated rings. The molecule has 0 aliphatic heterocycles. The first-order valence-corrected chi connectivity index (χ1v) is 11.1. The number of aromatic nitrogens is 2. The number of aryl methyl sites for hydroxylation is 1. The van der Waals surface area contributed by atoms with Crippen LogP contribution in [0.3, 0.4) is 0 Å². The first-order valence-electron chi connectivity index (χ1n) is 8.47. The van der Waals surface area contributed by atoms with E-state index in [1.165, 1.54) is 12.5 Å². The van der Waals surface area contributed by atoms with Gasteiger partial charge in [0.1, 0.15) is 6.33 Å². The molecule has 0 amide bonds. The molecule has 6 nitrogen and oxygen atoms in total. The van der Waals surface area contributed by atoms with Crippen LogP contribution in [-0.2, 0) is 21.0 Å². The molecule has 0 aliphatic rings. The SMILES string of the molecule is Cc1ccc(S(=O)(=O)n2cnc([C@H](NS(=O)C(C)(C)C)C(C)C)c2)cc1. The summed E-state index contributed by atoms with van der Waals surface area (Å²) in [7, 11) is -4.99. The fraction of sp³-hybridized carbons (Fsp3) is 0.500. The van der Waals surface area contributed by atoms with Gasteiger partial charge in [-0.25, -0.2) is 26.3 Å². The first kappa shape index (κ1) is 20.8. The van der Waals surface area contributed by atoms with Crippen LogP contribution in [0.1, 0.15) is 51.9 Å². The van der Waals surface area contributed by atoms with Gasteiger partial charge in [-0.15, -0.1) is 0 Å². The highest BCUT2D eigenvalue weighted by molar-refractivity contribution is 7.90. The van der Waals surface area contributed by atoms with Crippen molar-refractivity contribution in [2.45, 2.75) is 57.2 Å². The maximum absolute atomic E-state index is 12.8. The monoisotopic (exact) mass is 397 g/mol. The van der Waals surface area contributed by atoms with Crippen molar-refractivity contribution in [1.29, 1.82) is 0 Å². The summed E-state index contributed by atoms with van der Waals surface area (Å²) >= 11 is 0. The van der Waals surface area contributed by atoms with Crippen LogP contribution < -0.4 is 4.72 Å². The van der Waals surface area contributed by atoms with Crippen LogP contribution in [-0.4, -0.2) is 26.3 Å². The predicted octanol–water partition coefficient (Wildman–Crippen LogP) is 3.18. The van der Waals surface area contributed by atoms with Crippen LogP contribution in [0.2, 0.25) is 0 Å². The molecule has 0 saturated heterocycles. The van der Waals surface area contributed by atoms with Gasteiger partial charge in [-0.3, -0.25) is 0 Å². The van der Waals surface area contributed by atoms with Crippen molar-refractivity contribution in [3.8, 4) is 0 Å². The summed E-state index contributed by atoms with van der Waals surface area (Å²) in [6.45, 7) is 11.5. The van der Waals surface area contributed by atoms with Crippen LogP contribution in [0.25, 0.3) is 0 Å². The lowest BCUT2D eigenvalue weighted by Gasteiger charge is -2.25. The minimum atomic E-state index is -3.70. The van der Waals surface area contributed by atoms with Gasteiger partial charge in [0.2, 0.25) is 0 Å². The molecule has 0 spiro atoms. The molecule has 8 heteroatoms. The lowest BCUT2D eigenvalue weighted by molar-refractivity contribution is 0.465. The smallest absolute Gasteiger partial charge is 0.242 e. The van der Waals surface area contributed by atoms with Gasteiger partial charge < -0.3 is 0 Å². The molecule has 144 valence electrons. The molecular formula is C18H27N3O3S2. The van der Waals surface area contributed by atoms with E-state index in [0.29, 0.717) is 5.69 Å². The minimum absolute atomic E-state index is 0.0896. The summed E-state index contributed by atoms with van der Waals surface area (Å²) in [5.74, 6) is 0.0896. The second-order valence-electron chi connectivity index (χ2n) is 7.67. The van der Waals surface area contributed by atoms with Gasteiger partial charge in [-0.2, -0.15) is 0 Å². The number of rotatable bonds is 6. The Kier molecular flexibility index (Phi) is 6.09. The summed E-state index contributed by atoms with van der Waals surface area (Å²) in [6, 6.07) is 6.37. The van der Waals surface area contributed by atoms with Crippen molar-refractivity contribution in [3.05, 3.63) is 48.0 Å². The van der Waals surface area contributed by atoms with Crippen LogP contribution in [0, 0.1) is 12.8 Å². The van der Waals surface area contributed by atoms with Gasteiger partial charge >= 0.3 is 0 Å². The predicted molar refractivity (Wildman–Crippen MR) is 105 cm³/mol. The molecule has 0 aliphatic carbocycles. The highest BCUT2D eigenvalue weighted by Gasteiger charge is 2.28. The van der Waals surface area contributed by atoms with Crippen molar-refractivity contribution >= 4 is 21.0 Å². The molecule has 1 heterocycles. The largest absolute Gasteiger partial charge is 0.268 e. The number of nitrogens with one attached hydrogen (secondary N) is 1. The van der Waals surface area contributed by atoms with Gasteiger partial charge in [0.25, 0.3) is 10.0 Å². The van der Waals surface area contributed by atoms with Crippen molar-refractivity contribution in [2.75, 3.05) is 0 Å². The second kappa shape index (κ2) is 7.62. The van der Waals surface area contributed by atoms with Crippen LogP contribution in [0.4, 0.5) is 0 Å². The molecule has 0 bridgehead atoms. The van der Waals surface area contributed by atoms with E-state index in [1.807, 2.05) is 41.5 Å². The van der Waals surface area contributed by atoms with Crippen molar-refractivity contribution in [2.24, 2.45) is 5.92 Å². The molecule has 2 aromatic rings. The Labute approximate surface area is 158 Å². The van der Waals surface area contributed by atoms with E-state index in [0.717, 1.165) is 9.54 Å². The second-order valence-corrected chi connectivity index (χ2v) is 11.5. The Balaban J connectivity index is 2.34. The normalized spacial score (nSPS) is 15.2. The van der Waals surface area contributed by atoms with Crippen molar-refractivity contribution < 1.29 is 12.6 Å². The fourth-order valence-corrected chi connectivity index (χ4v) is 4.39. The highest BCUT2D eigenvalue weighted by atomic mass is 32.2. The summed E-state index contributed by atoms with van der Waals surface area (Å²) in [5.41, 5.74) is 1.54. The van der Waals surface area contributed by atoms with Crippen molar-refractivity contribution in [3.63, 3.8) is 0 Å². The Hall–Kier alpha value is -1.51. The van der Waals surface area contributed by atoms with E-state index in [-0.39, 0.29) is 16.9 Å². The van der Waals surface area contributed by atoms with Crippen molar-refractivity contribution in [1.82, 2.24) is 13.7 Å². The van der Waals surface area contributed by atoms with Crippen LogP contribution in [0.5, 0.6) is 0 Å². The third-order valence-corrected chi connectivity index (χ3v) is 7.16. The zero-order chi connectivity index (χ0) is 19.7. The number of hydrogen-bond acceptors (Lipinski definition) is 4. The molecule has 26 heavy (non-hydrogen) atoms. The standard InChI is InChI=1S/C18H27N3O3S2/c1-13(2)17(20-25(22)18(4,5)6)16-11-21(12-19-16)26(23,24)15-9-7-14(3)8-10-15/h7-13,17,20H,1-6H3/t17-,25?/m1/s1. The van der Waals surface area contributed by atoms with Gasteiger partial charge in [-0.1, -0.05) is 31.5 Å². The van der Waals surface area contributed by atoms with Crippen LogP contribution >= 0.6 is 0 Å². The molecular weight excluding hydrogens is 370 g/mol. The molecule has 1 N–H and O–H groups in total. The molecule has 1 unspecified atom stereocenters. The molecule has 2 rings (SSSR count). The van der Waals surface area contributed by atoms with E-state index in [4.69, 9.17) is 0 Å². The summed E-state index contributed by atoms with van der Waals surface area (Å²) in [6.07, 6.45) is 2.79. The lowest BCUT2D eigenvalue weighted by atomic mass is 10.0. The topological polar surface area (TPSA) is 81.1 Å². The van der Waals surface area contributed by atoms with E-state index < -0.39 is 25.8 Å². The lowest BCUT2D eigenvalue weighted by Crippen LogP contribution is -2.37. The summed E-state index contributed by atoms with van der Waals surface area (Å²) < 4.78 is 41.8. The van der Waals surface area contributed by atoms with Gasteiger partial charge in [0, 0.05) is 6.20 Å². The van der Waals surface area contributed by atoms with Gasteiger partial charge in [-0.05, 0) is 45.7 Å². The zero-order valence-corrected chi connectivity index (χ0v) is 17.7.